The van der Waals surface area contributed by atoms with Crippen molar-refractivity contribution in [1.82, 2.24) is 9.97 Å². The van der Waals surface area contributed by atoms with E-state index in [1.54, 1.807) is 14.2 Å². The van der Waals surface area contributed by atoms with Crippen molar-refractivity contribution in [2.24, 2.45) is 0 Å². The molecule has 0 bridgehead atoms. The third-order valence-electron chi connectivity index (χ3n) is 4.17. The topological polar surface area (TPSA) is 68.3 Å². The molecule has 0 aliphatic rings. The van der Waals surface area contributed by atoms with Crippen molar-refractivity contribution in [1.29, 1.82) is 0 Å². The van der Waals surface area contributed by atoms with Gasteiger partial charge in [-0.25, -0.2) is 4.98 Å². The Balaban J connectivity index is 1.74. The largest absolute Gasteiger partial charge is 0.493 e. The molecule has 3 rings (SSSR count). The van der Waals surface area contributed by atoms with Crippen molar-refractivity contribution in [2.75, 3.05) is 24.9 Å². The van der Waals surface area contributed by atoms with Crippen LogP contribution in [0, 0.1) is 13.8 Å². The first kappa shape index (κ1) is 18.5. The summed E-state index contributed by atoms with van der Waals surface area (Å²) in [4.78, 5) is 9.05. The van der Waals surface area contributed by atoms with Gasteiger partial charge in [0, 0.05) is 24.0 Å². The van der Waals surface area contributed by atoms with Gasteiger partial charge in [-0.15, -0.1) is 0 Å². The number of hydrogen-bond donors (Lipinski definition) is 2. The molecule has 6 nitrogen and oxygen atoms in total. The predicted octanol–water partition coefficient (Wildman–Crippen LogP) is 4.47. The highest BCUT2D eigenvalue weighted by Gasteiger charge is 2.07. The average Bonchev–Trinajstić information content (AvgIpc) is 2.67. The van der Waals surface area contributed by atoms with Crippen molar-refractivity contribution < 1.29 is 9.47 Å². The molecule has 0 fully saturated rings. The first-order valence-corrected chi connectivity index (χ1v) is 8.72. The lowest BCUT2D eigenvalue weighted by Crippen LogP contribution is -2.06. The summed E-state index contributed by atoms with van der Waals surface area (Å²) in [6, 6.07) is 15.8. The minimum Gasteiger partial charge on any atom is -0.493 e. The lowest BCUT2D eigenvalue weighted by atomic mass is 10.2. The van der Waals surface area contributed by atoms with Crippen LogP contribution in [-0.2, 0) is 6.54 Å². The Kier molecular flexibility index (Phi) is 5.76. The Hall–Kier alpha value is -3.28. The molecule has 1 heterocycles. The molecular weight excluding hydrogens is 340 g/mol. The first-order valence-electron chi connectivity index (χ1n) is 8.72. The molecule has 0 saturated heterocycles. The van der Waals surface area contributed by atoms with Crippen LogP contribution < -0.4 is 20.1 Å². The van der Waals surface area contributed by atoms with Crippen molar-refractivity contribution in [3.05, 3.63) is 65.4 Å². The fourth-order valence-electron chi connectivity index (χ4n) is 2.73. The zero-order valence-electron chi connectivity index (χ0n) is 16.0. The Morgan fingerprint density at radius 1 is 0.889 bits per heavy atom. The number of nitrogens with one attached hydrogen (secondary N) is 2. The van der Waals surface area contributed by atoms with E-state index in [-0.39, 0.29) is 0 Å². The van der Waals surface area contributed by atoms with Gasteiger partial charge in [0.1, 0.15) is 5.82 Å². The third-order valence-corrected chi connectivity index (χ3v) is 4.17. The number of methoxy groups -OCH3 is 2. The van der Waals surface area contributed by atoms with E-state index in [2.05, 4.69) is 20.6 Å². The van der Waals surface area contributed by atoms with Gasteiger partial charge in [0.05, 0.1) is 14.2 Å². The van der Waals surface area contributed by atoms with E-state index in [9.17, 15) is 0 Å². The van der Waals surface area contributed by atoms with E-state index in [1.807, 2.05) is 62.4 Å². The Morgan fingerprint density at radius 3 is 2.41 bits per heavy atom. The fraction of sp³-hybridized carbons (Fsp3) is 0.238. The van der Waals surface area contributed by atoms with E-state index >= 15 is 0 Å². The van der Waals surface area contributed by atoms with Gasteiger partial charge in [-0.05, 0) is 43.2 Å². The molecule has 6 heteroatoms. The van der Waals surface area contributed by atoms with Gasteiger partial charge < -0.3 is 20.1 Å². The molecule has 0 radical (unpaired) electrons. The Morgan fingerprint density at radius 2 is 1.67 bits per heavy atom. The highest BCUT2D eigenvalue weighted by atomic mass is 16.5. The average molecular weight is 364 g/mol. The molecule has 27 heavy (non-hydrogen) atoms. The summed E-state index contributed by atoms with van der Waals surface area (Å²) in [5.74, 6) is 2.74. The van der Waals surface area contributed by atoms with E-state index in [1.165, 1.54) is 0 Å². The fourth-order valence-corrected chi connectivity index (χ4v) is 2.73. The lowest BCUT2D eigenvalue weighted by Gasteiger charge is -2.12. The molecule has 3 aromatic rings. The maximum atomic E-state index is 5.36. The SMILES string of the molecule is COc1ccc(CNc2cc(C)nc(Nc3ccccc3C)n2)cc1OC. The molecule has 0 saturated carbocycles. The molecule has 0 spiro atoms. The second-order valence-corrected chi connectivity index (χ2v) is 6.20. The van der Waals surface area contributed by atoms with Crippen molar-refractivity contribution in [3.8, 4) is 11.5 Å². The van der Waals surface area contributed by atoms with Crippen LogP contribution in [-0.4, -0.2) is 24.2 Å². The van der Waals surface area contributed by atoms with Gasteiger partial charge in [0.25, 0.3) is 0 Å². The van der Waals surface area contributed by atoms with Crippen LogP contribution in [0.2, 0.25) is 0 Å². The summed E-state index contributed by atoms with van der Waals surface area (Å²) in [5, 5.41) is 6.63. The number of para-hydroxylation sites is 1. The van der Waals surface area contributed by atoms with Gasteiger partial charge in [-0.3, -0.25) is 0 Å². The lowest BCUT2D eigenvalue weighted by molar-refractivity contribution is 0.354. The Bertz CT molecular complexity index is 928. The number of rotatable bonds is 7. The summed E-state index contributed by atoms with van der Waals surface area (Å²) >= 11 is 0. The number of aromatic nitrogens is 2. The second kappa shape index (κ2) is 8.40. The molecule has 1 aromatic heterocycles. The van der Waals surface area contributed by atoms with Crippen LogP contribution in [0.3, 0.4) is 0 Å². The maximum absolute atomic E-state index is 5.36. The predicted molar refractivity (Wildman–Crippen MR) is 108 cm³/mol. The number of benzene rings is 2. The summed E-state index contributed by atoms with van der Waals surface area (Å²) in [5.41, 5.74) is 4.09. The van der Waals surface area contributed by atoms with Crippen LogP contribution in [0.1, 0.15) is 16.8 Å². The zero-order chi connectivity index (χ0) is 19.2. The first-order chi connectivity index (χ1) is 13.1. The minimum absolute atomic E-state index is 0.569. The van der Waals surface area contributed by atoms with E-state index < -0.39 is 0 Å². The minimum atomic E-state index is 0.569. The molecule has 0 atom stereocenters. The van der Waals surface area contributed by atoms with E-state index in [0.717, 1.165) is 28.3 Å². The van der Waals surface area contributed by atoms with E-state index in [4.69, 9.17) is 9.47 Å². The third kappa shape index (κ3) is 4.67. The summed E-state index contributed by atoms with van der Waals surface area (Å²) in [6.45, 7) is 4.61. The van der Waals surface area contributed by atoms with Crippen molar-refractivity contribution in [2.45, 2.75) is 20.4 Å². The normalized spacial score (nSPS) is 10.4. The van der Waals surface area contributed by atoms with Crippen LogP contribution in [0.15, 0.2) is 48.5 Å². The zero-order valence-corrected chi connectivity index (χ0v) is 16.0. The quantitative estimate of drug-likeness (QED) is 0.645. The van der Waals surface area contributed by atoms with Crippen LogP contribution in [0.5, 0.6) is 11.5 Å². The van der Waals surface area contributed by atoms with Crippen LogP contribution in [0.4, 0.5) is 17.5 Å². The van der Waals surface area contributed by atoms with Gasteiger partial charge in [-0.1, -0.05) is 24.3 Å². The molecule has 2 aromatic carbocycles. The number of aryl methyl sites for hydroxylation is 2. The second-order valence-electron chi connectivity index (χ2n) is 6.20. The van der Waals surface area contributed by atoms with Crippen LogP contribution in [0.25, 0.3) is 0 Å². The van der Waals surface area contributed by atoms with Gasteiger partial charge in [-0.2, -0.15) is 4.98 Å². The number of ether oxygens (including phenoxy) is 2. The summed E-state index contributed by atoms with van der Waals surface area (Å²) in [7, 11) is 3.26. The molecule has 0 aliphatic carbocycles. The number of nitrogens with zero attached hydrogens (tertiary/aromatic N) is 2. The standard InChI is InChI=1S/C21H24N4O2/c1-14-7-5-6-8-17(14)24-21-23-15(2)11-20(25-21)22-13-16-9-10-18(26-3)19(12-16)27-4/h5-12H,13H2,1-4H3,(H2,22,23,24,25). The van der Waals surface area contributed by atoms with Gasteiger partial charge >= 0.3 is 0 Å². The van der Waals surface area contributed by atoms with Gasteiger partial charge in [0.15, 0.2) is 11.5 Å². The summed E-state index contributed by atoms with van der Waals surface area (Å²) < 4.78 is 10.6. The molecule has 140 valence electrons. The highest BCUT2D eigenvalue weighted by Crippen LogP contribution is 2.28. The smallest absolute Gasteiger partial charge is 0.229 e. The highest BCUT2D eigenvalue weighted by molar-refractivity contribution is 5.59. The molecule has 2 N–H and O–H groups in total. The van der Waals surface area contributed by atoms with Crippen molar-refractivity contribution >= 4 is 17.5 Å². The Labute approximate surface area is 159 Å². The van der Waals surface area contributed by atoms with Crippen LogP contribution >= 0.6 is 0 Å². The number of hydrogen-bond acceptors (Lipinski definition) is 6. The van der Waals surface area contributed by atoms with E-state index in [0.29, 0.717) is 24.0 Å². The number of anilines is 3. The summed E-state index contributed by atoms with van der Waals surface area (Å²) in [6.07, 6.45) is 0. The van der Waals surface area contributed by atoms with Crippen molar-refractivity contribution in [3.63, 3.8) is 0 Å². The molecule has 0 amide bonds. The molecule has 0 aliphatic heterocycles. The molecule has 0 unspecified atom stereocenters. The maximum Gasteiger partial charge on any atom is 0.229 e. The van der Waals surface area contributed by atoms with Gasteiger partial charge in [0.2, 0.25) is 5.95 Å². The monoisotopic (exact) mass is 364 g/mol. The molecular formula is C21H24N4O2.